The third-order valence-electron chi connectivity index (χ3n) is 5.90. The van der Waals surface area contributed by atoms with E-state index in [2.05, 4.69) is 19.9 Å². The molecule has 1 unspecified atom stereocenters. The fourth-order valence-corrected chi connectivity index (χ4v) is 4.03. The molecule has 0 aliphatic carbocycles. The van der Waals surface area contributed by atoms with Crippen LogP contribution in [0.5, 0.6) is 5.75 Å². The van der Waals surface area contributed by atoms with Gasteiger partial charge in [0.2, 0.25) is 17.6 Å². The first-order valence-corrected chi connectivity index (χ1v) is 10.4. The Labute approximate surface area is 171 Å². The quantitative estimate of drug-likeness (QED) is 0.734. The van der Waals surface area contributed by atoms with E-state index in [1.165, 1.54) is 0 Å². The van der Waals surface area contributed by atoms with E-state index < -0.39 is 0 Å². The number of aromatic nitrogens is 2. The molecule has 8 heteroatoms. The minimum Gasteiger partial charge on any atom is -0.497 e. The van der Waals surface area contributed by atoms with E-state index in [-0.39, 0.29) is 11.9 Å². The third-order valence-corrected chi connectivity index (χ3v) is 5.90. The van der Waals surface area contributed by atoms with Gasteiger partial charge in [0.25, 0.3) is 0 Å². The lowest BCUT2D eigenvalue weighted by atomic mass is 10.2. The van der Waals surface area contributed by atoms with Gasteiger partial charge in [0.05, 0.1) is 19.7 Å². The minimum atomic E-state index is -0.0414. The number of rotatable bonds is 6. The Kier molecular flexibility index (Phi) is 6.10. The van der Waals surface area contributed by atoms with Crippen LogP contribution >= 0.6 is 0 Å². The van der Waals surface area contributed by atoms with Gasteiger partial charge in [0.15, 0.2) is 0 Å². The first kappa shape index (κ1) is 19.8. The second-order valence-electron chi connectivity index (χ2n) is 7.76. The highest BCUT2D eigenvalue weighted by Gasteiger charge is 2.30. The Bertz CT molecular complexity index is 808. The Morgan fingerprint density at radius 3 is 2.45 bits per heavy atom. The molecule has 3 heterocycles. The normalized spacial score (nSPS) is 19.4. The van der Waals surface area contributed by atoms with Gasteiger partial charge < -0.3 is 14.2 Å². The maximum atomic E-state index is 12.6. The highest BCUT2D eigenvalue weighted by Crippen LogP contribution is 2.20. The van der Waals surface area contributed by atoms with E-state index >= 15 is 0 Å². The SMILES string of the molecule is COc1ccc(-c2noc(CN3CCN(C(C)C(=O)N4CCCC4)CC3)n2)cc1. The van der Waals surface area contributed by atoms with Crippen molar-refractivity contribution in [1.29, 1.82) is 0 Å². The number of hydrogen-bond acceptors (Lipinski definition) is 7. The summed E-state index contributed by atoms with van der Waals surface area (Å²) >= 11 is 0. The fraction of sp³-hybridized carbons (Fsp3) is 0.571. The highest BCUT2D eigenvalue weighted by atomic mass is 16.5. The lowest BCUT2D eigenvalue weighted by molar-refractivity contribution is -0.136. The topological polar surface area (TPSA) is 74.9 Å². The lowest BCUT2D eigenvalue weighted by Crippen LogP contribution is -2.54. The molecule has 1 aromatic carbocycles. The van der Waals surface area contributed by atoms with Gasteiger partial charge in [-0.15, -0.1) is 0 Å². The summed E-state index contributed by atoms with van der Waals surface area (Å²) in [6.45, 7) is 8.02. The van der Waals surface area contributed by atoms with E-state index in [1.54, 1.807) is 7.11 Å². The number of methoxy groups -OCH3 is 1. The number of amides is 1. The summed E-state index contributed by atoms with van der Waals surface area (Å²) in [6, 6.07) is 7.57. The van der Waals surface area contributed by atoms with Crippen molar-refractivity contribution in [2.75, 3.05) is 46.4 Å². The molecule has 1 aromatic heterocycles. The molecule has 0 spiro atoms. The summed E-state index contributed by atoms with van der Waals surface area (Å²) in [7, 11) is 1.64. The number of carbonyl (C=O) groups excluding carboxylic acids is 1. The molecule has 0 saturated carbocycles. The van der Waals surface area contributed by atoms with Crippen molar-refractivity contribution in [3.05, 3.63) is 30.2 Å². The number of piperazine rings is 1. The van der Waals surface area contributed by atoms with Crippen molar-refractivity contribution >= 4 is 5.91 Å². The summed E-state index contributed by atoms with van der Waals surface area (Å²) in [6.07, 6.45) is 2.27. The molecule has 1 atom stereocenters. The molecule has 156 valence electrons. The molecule has 2 aromatic rings. The molecular weight excluding hydrogens is 370 g/mol. The fourth-order valence-electron chi connectivity index (χ4n) is 4.03. The Balaban J connectivity index is 1.28. The zero-order chi connectivity index (χ0) is 20.2. The minimum absolute atomic E-state index is 0.0414. The third kappa shape index (κ3) is 4.59. The summed E-state index contributed by atoms with van der Waals surface area (Å²) in [4.78, 5) is 23.8. The highest BCUT2D eigenvalue weighted by molar-refractivity contribution is 5.81. The molecule has 2 aliphatic rings. The molecule has 0 N–H and O–H groups in total. The van der Waals surface area contributed by atoms with E-state index in [1.807, 2.05) is 36.1 Å². The zero-order valence-electron chi connectivity index (χ0n) is 17.2. The molecule has 2 saturated heterocycles. The van der Waals surface area contributed by atoms with Crippen LogP contribution < -0.4 is 4.74 Å². The van der Waals surface area contributed by atoms with Gasteiger partial charge >= 0.3 is 0 Å². The van der Waals surface area contributed by atoms with Gasteiger partial charge in [0, 0.05) is 44.8 Å². The maximum Gasteiger partial charge on any atom is 0.241 e. The van der Waals surface area contributed by atoms with Crippen LogP contribution in [-0.4, -0.2) is 83.2 Å². The molecular formula is C21H29N5O3. The predicted octanol–water partition coefficient (Wildman–Crippen LogP) is 1.87. The summed E-state index contributed by atoms with van der Waals surface area (Å²) < 4.78 is 10.6. The van der Waals surface area contributed by atoms with Crippen molar-refractivity contribution in [2.24, 2.45) is 0 Å². The van der Waals surface area contributed by atoms with E-state index in [0.717, 1.165) is 63.4 Å². The van der Waals surface area contributed by atoms with Crippen LogP contribution in [0.25, 0.3) is 11.4 Å². The monoisotopic (exact) mass is 399 g/mol. The van der Waals surface area contributed by atoms with Crippen LogP contribution in [0.1, 0.15) is 25.7 Å². The van der Waals surface area contributed by atoms with E-state index in [9.17, 15) is 4.79 Å². The molecule has 2 fully saturated rings. The molecule has 4 rings (SSSR count). The van der Waals surface area contributed by atoms with Gasteiger partial charge in [0.1, 0.15) is 5.75 Å². The van der Waals surface area contributed by atoms with Gasteiger partial charge in [-0.25, -0.2) is 0 Å². The van der Waals surface area contributed by atoms with Crippen LogP contribution in [0.2, 0.25) is 0 Å². The molecule has 0 bridgehead atoms. The van der Waals surface area contributed by atoms with Gasteiger partial charge in [-0.1, -0.05) is 5.16 Å². The van der Waals surface area contributed by atoms with Crippen LogP contribution in [0.4, 0.5) is 0 Å². The average Bonchev–Trinajstić information content (AvgIpc) is 3.46. The average molecular weight is 399 g/mol. The first-order chi connectivity index (χ1) is 14.1. The van der Waals surface area contributed by atoms with Gasteiger partial charge in [-0.3, -0.25) is 14.6 Å². The molecule has 2 aliphatic heterocycles. The zero-order valence-corrected chi connectivity index (χ0v) is 17.2. The van der Waals surface area contributed by atoms with Crippen molar-refractivity contribution in [2.45, 2.75) is 32.4 Å². The summed E-state index contributed by atoms with van der Waals surface area (Å²) in [5.74, 6) is 2.28. The van der Waals surface area contributed by atoms with Gasteiger partial charge in [-0.2, -0.15) is 4.98 Å². The van der Waals surface area contributed by atoms with E-state index in [0.29, 0.717) is 18.3 Å². The predicted molar refractivity (Wildman–Crippen MR) is 108 cm³/mol. The second-order valence-corrected chi connectivity index (χ2v) is 7.76. The summed E-state index contributed by atoms with van der Waals surface area (Å²) in [5, 5.41) is 4.10. The standard InChI is InChI=1S/C21H29N5O3/c1-16(21(27)26-9-3-4-10-26)25-13-11-24(12-14-25)15-19-22-20(23-29-19)17-5-7-18(28-2)8-6-17/h5-8,16H,3-4,9-15H2,1-2H3. The molecule has 29 heavy (non-hydrogen) atoms. The van der Waals surface area contributed by atoms with Crippen LogP contribution in [-0.2, 0) is 11.3 Å². The van der Waals surface area contributed by atoms with Crippen molar-refractivity contribution in [3.8, 4) is 17.1 Å². The summed E-state index contributed by atoms with van der Waals surface area (Å²) in [5.41, 5.74) is 0.903. The Morgan fingerprint density at radius 1 is 1.10 bits per heavy atom. The number of carbonyl (C=O) groups is 1. The van der Waals surface area contributed by atoms with Gasteiger partial charge in [-0.05, 0) is 44.0 Å². The smallest absolute Gasteiger partial charge is 0.241 e. The largest absolute Gasteiger partial charge is 0.497 e. The number of likely N-dealkylation sites (tertiary alicyclic amines) is 1. The van der Waals surface area contributed by atoms with Crippen LogP contribution in [0.15, 0.2) is 28.8 Å². The molecule has 0 radical (unpaired) electrons. The number of benzene rings is 1. The van der Waals surface area contributed by atoms with Crippen molar-refractivity contribution in [1.82, 2.24) is 24.8 Å². The van der Waals surface area contributed by atoms with Crippen LogP contribution in [0, 0.1) is 0 Å². The number of hydrogen-bond donors (Lipinski definition) is 0. The van der Waals surface area contributed by atoms with Crippen molar-refractivity contribution in [3.63, 3.8) is 0 Å². The van der Waals surface area contributed by atoms with E-state index in [4.69, 9.17) is 9.26 Å². The second kappa shape index (κ2) is 8.92. The molecule has 8 nitrogen and oxygen atoms in total. The van der Waals surface area contributed by atoms with Crippen molar-refractivity contribution < 1.29 is 14.1 Å². The Hall–Kier alpha value is -2.45. The lowest BCUT2D eigenvalue weighted by Gasteiger charge is -2.37. The molecule has 1 amide bonds. The maximum absolute atomic E-state index is 12.6. The Morgan fingerprint density at radius 2 is 1.79 bits per heavy atom. The number of ether oxygens (including phenoxy) is 1. The number of nitrogens with zero attached hydrogens (tertiary/aromatic N) is 5. The first-order valence-electron chi connectivity index (χ1n) is 10.4. The van der Waals surface area contributed by atoms with Crippen LogP contribution in [0.3, 0.4) is 0 Å².